The minimum absolute atomic E-state index is 0.0821. The van der Waals surface area contributed by atoms with Crippen LogP contribution in [0.1, 0.15) is 23.4 Å². The maximum atomic E-state index is 13.5. The van der Waals surface area contributed by atoms with Crippen LogP contribution in [-0.4, -0.2) is 59.9 Å². The third kappa shape index (κ3) is 3.57. The van der Waals surface area contributed by atoms with Gasteiger partial charge in [-0.2, -0.15) is 0 Å². The fourth-order valence-corrected chi connectivity index (χ4v) is 4.24. The molecule has 0 spiro atoms. The Kier molecular flexibility index (Phi) is 4.74. The van der Waals surface area contributed by atoms with Crippen LogP contribution in [0, 0.1) is 0 Å². The molecule has 0 saturated carbocycles. The van der Waals surface area contributed by atoms with Gasteiger partial charge in [0, 0.05) is 55.6 Å². The first-order valence-corrected chi connectivity index (χ1v) is 10.2. The first kappa shape index (κ1) is 19.4. The number of nitrogens with two attached hydrogens (primary N) is 1. The molecule has 1 aromatic carbocycles. The Morgan fingerprint density at radius 1 is 0.903 bits per heavy atom. The fraction of sp³-hybridized carbons (Fsp3) is 0.318. The van der Waals surface area contributed by atoms with Crippen LogP contribution in [0.3, 0.4) is 0 Å². The number of hydrogen-bond acceptors (Lipinski definition) is 8. The highest BCUT2D eigenvalue weighted by Gasteiger charge is 2.38. The van der Waals surface area contributed by atoms with Crippen molar-refractivity contribution in [3.8, 4) is 22.8 Å². The molecule has 3 fully saturated rings. The number of carbonyl (C=O) groups excluding carboxylic acids is 3. The van der Waals surface area contributed by atoms with Crippen molar-refractivity contribution in [3.05, 3.63) is 42.2 Å². The summed E-state index contributed by atoms with van der Waals surface area (Å²) in [6, 6.07) is 6.74. The highest BCUT2D eigenvalue weighted by atomic mass is 16.6. The number of rotatable bonds is 2. The molecule has 2 N–H and O–H groups in total. The molecular weight excluding hydrogens is 402 g/mol. The second-order valence-corrected chi connectivity index (χ2v) is 7.79. The Hall–Kier alpha value is -3.59. The Morgan fingerprint density at radius 3 is 2.23 bits per heavy atom. The summed E-state index contributed by atoms with van der Waals surface area (Å²) in [7, 11) is 0. The Balaban J connectivity index is 1.61. The van der Waals surface area contributed by atoms with Gasteiger partial charge in [0.2, 0.25) is 17.3 Å². The number of amides is 1. The maximum absolute atomic E-state index is 13.5. The van der Waals surface area contributed by atoms with Gasteiger partial charge in [0.1, 0.15) is 0 Å². The molecule has 0 radical (unpaired) electrons. The smallest absolute Gasteiger partial charge is 0.336 e. The number of piperidine rings is 1. The zero-order chi connectivity index (χ0) is 21.5. The molecule has 6 rings (SSSR count). The van der Waals surface area contributed by atoms with Crippen molar-refractivity contribution in [3.63, 3.8) is 0 Å². The van der Waals surface area contributed by atoms with Gasteiger partial charge in [-0.1, -0.05) is 0 Å². The SMILES string of the molecule is Nc1ccc(-c2oc(C(=O)N3CCN4CCC3CC4)c3c2OC(=O)/C=C/C(=O)O3)cc1. The highest BCUT2D eigenvalue weighted by Crippen LogP contribution is 2.45. The van der Waals surface area contributed by atoms with Crippen molar-refractivity contribution in [1.82, 2.24) is 9.80 Å². The zero-order valence-electron chi connectivity index (χ0n) is 16.7. The van der Waals surface area contributed by atoms with Crippen LogP contribution in [0.15, 0.2) is 40.8 Å². The van der Waals surface area contributed by atoms with Gasteiger partial charge in [-0.15, -0.1) is 0 Å². The van der Waals surface area contributed by atoms with Crippen molar-refractivity contribution in [2.45, 2.75) is 18.9 Å². The van der Waals surface area contributed by atoms with Crippen LogP contribution in [0.2, 0.25) is 0 Å². The van der Waals surface area contributed by atoms with E-state index in [4.69, 9.17) is 19.6 Å². The van der Waals surface area contributed by atoms with Gasteiger partial charge in [0.25, 0.3) is 5.91 Å². The molecule has 1 amide bonds. The van der Waals surface area contributed by atoms with E-state index >= 15 is 0 Å². The summed E-state index contributed by atoms with van der Waals surface area (Å²) >= 11 is 0. The molecule has 1 aromatic heterocycles. The van der Waals surface area contributed by atoms with Crippen LogP contribution in [0.5, 0.6) is 11.5 Å². The normalized spacial score (nSPS) is 23.8. The molecule has 9 heteroatoms. The number of carbonyl (C=O) groups is 3. The summed E-state index contributed by atoms with van der Waals surface area (Å²) in [6.45, 7) is 3.20. The molecule has 0 atom stereocenters. The van der Waals surface area contributed by atoms with Crippen LogP contribution in [0.4, 0.5) is 5.69 Å². The van der Waals surface area contributed by atoms with Gasteiger partial charge in [0.05, 0.1) is 0 Å². The Bertz CT molecular complexity index is 1080. The van der Waals surface area contributed by atoms with E-state index in [1.54, 1.807) is 29.2 Å². The minimum atomic E-state index is -0.792. The van der Waals surface area contributed by atoms with Crippen LogP contribution in [0.25, 0.3) is 11.3 Å². The molecule has 4 aliphatic heterocycles. The largest absolute Gasteiger partial charge is 0.443 e. The number of furan rings is 1. The van der Waals surface area contributed by atoms with E-state index in [0.29, 0.717) is 17.8 Å². The predicted octanol–water partition coefficient (Wildman–Crippen LogP) is 1.83. The number of ether oxygens (including phenoxy) is 2. The average Bonchev–Trinajstić information content (AvgIpc) is 2.91. The lowest BCUT2D eigenvalue weighted by Gasteiger charge is -2.30. The molecule has 5 heterocycles. The Morgan fingerprint density at radius 2 is 1.55 bits per heavy atom. The van der Waals surface area contributed by atoms with Crippen molar-refractivity contribution in [1.29, 1.82) is 0 Å². The van der Waals surface area contributed by atoms with Crippen molar-refractivity contribution < 1.29 is 28.3 Å². The van der Waals surface area contributed by atoms with E-state index in [1.165, 1.54) is 0 Å². The molecule has 31 heavy (non-hydrogen) atoms. The Labute approximate surface area is 178 Å². The lowest BCUT2D eigenvalue weighted by molar-refractivity contribution is -0.133. The van der Waals surface area contributed by atoms with E-state index in [-0.39, 0.29) is 35.0 Å². The number of nitrogens with zero attached hydrogens (tertiary/aromatic N) is 2. The third-order valence-electron chi connectivity index (χ3n) is 5.87. The van der Waals surface area contributed by atoms with Crippen LogP contribution in [-0.2, 0) is 9.59 Å². The van der Waals surface area contributed by atoms with Gasteiger partial charge >= 0.3 is 11.9 Å². The summed E-state index contributed by atoms with van der Waals surface area (Å²) in [5.41, 5.74) is 6.84. The number of esters is 2. The monoisotopic (exact) mass is 423 g/mol. The lowest BCUT2D eigenvalue weighted by atomic mass is 10.0. The number of benzene rings is 1. The maximum Gasteiger partial charge on any atom is 0.336 e. The quantitative estimate of drug-likeness (QED) is 0.575. The van der Waals surface area contributed by atoms with E-state index in [0.717, 1.165) is 44.6 Å². The minimum Gasteiger partial charge on any atom is -0.443 e. The van der Waals surface area contributed by atoms with Crippen molar-refractivity contribution >= 4 is 23.5 Å². The summed E-state index contributed by atoms with van der Waals surface area (Å²) in [4.78, 5) is 41.9. The van der Waals surface area contributed by atoms with Gasteiger partial charge in [0.15, 0.2) is 5.76 Å². The second kappa shape index (κ2) is 7.59. The van der Waals surface area contributed by atoms with Gasteiger partial charge in [-0.05, 0) is 37.1 Å². The van der Waals surface area contributed by atoms with Crippen molar-refractivity contribution in [2.75, 3.05) is 31.9 Å². The van der Waals surface area contributed by atoms with Gasteiger partial charge in [-0.25, -0.2) is 9.59 Å². The molecule has 3 saturated heterocycles. The molecule has 9 nitrogen and oxygen atoms in total. The van der Waals surface area contributed by atoms with E-state index < -0.39 is 11.9 Å². The molecule has 160 valence electrons. The molecular formula is C22H21N3O6. The average molecular weight is 423 g/mol. The predicted molar refractivity (Wildman–Crippen MR) is 109 cm³/mol. The topological polar surface area (TPSA) is 115 Å². The number of fused-ring (bicyclic) bond motifs is 5. The summed E-state index contributed by atoms with van der Waals surface area (Å²) in [5.74, 6) is -2.26. The summed E-state index contributed by atoms with van der Waals surface area (Å²) in [6.07, 6.45) is 3.67. The number of anilines is 1. The summed E-state index contributed by atoms with van der Waals surface area (Å²) in [5, 5.41) is 0. The third-order valence-corrected chi connectivity index (χ3v) is 5.87. The van der Waals surface area contributed by atoms with Crippen molar-refractivity contribution in [2.24, 2.45) is 0 Å². The number of nitrogen functional groups attached to an aromatic ring is 1. The van der Waals surface area contributed by atoms with Crippen LogP contribution < -0.4 is 15.2 Å². The van der Waals surface area contributed by atoms with E-state index in [2.05, 4.69) is 4.90 Å². The second-order valence-electron chi connectivity index (χ2n) is 7.79. The van der Waals surface area contributed by atoms with Gasteiger partial charge < -0.3 is 29.4 Å². The number of hydrogen-bond donors (Lipinski definition) is 1. The zero-order valence-corrected chi connectivity index (χ0v) is 16.7. The molecule has 2 aromatic rings. The van der Waals surface area contributed by atoms with E-state index in [9.17, 15) is 14.4 Å². The van der Waals surface area contributed by atoms with Crippen LogP contribution >= 0.6 is 0 Å². The first-order valence-electron chi connectivity index (χ1n) is 10.2. The molecule has 0 aliphatic carbocycles. The molecule has 2 bridgehead atoms. The lowest BCUT2D eigenvalue weighted by Crippen LogP contribution is -2.41. The molecule has 0 unspecified atom stereocenters. The standard InChI is InChI=1S/C22H21N3O6/c23-14-3-1-13(2-4-14)18-19-20(30-17(27)6-5-16(26)29-19)21(31-18)22(28)25-12-11-24-9-7-15(25)8-10-24/h1-6,15H,7-12,23H2/b6-5+. The fourth-order valence-electron chi connectivity index (χ4n) is 4.24. The molecule has 4 aliphatic rings. The highest BCUT2D eigenvalue weighted by molar-refractivity contribution is 6.02. The summed E-state index contributed by atoms with van der Waals surface area (Å²) < 4.78 is 16.7. The van der Waals surface area contributed by atoms with E-state index in [1.807, 2.05) is 0 Å². The first-order chi connectivity index (χ1) is 15.0. The van der Waals surface area contributed by atoms with Gasteiger partial charge in [-0.3, -0.25) is 4.79 Å².